The van der Waals surface area contributed by atoms with Crippen LogP contribution in [0.5, 0.6) is 0 Å². The highest BCUT2D eigenvalue weighted by molar-refractivity contribution is 7.90. The fourth-order valence-electron chi connectivity index (χ4n) is 2.61. The van der Waals surface area contributed by atoms with Gasteiger partial charge >= 0.3 is 5.69 Å². The van der Waals surface area contributed by atoms with Crippen molar-refractivity contribution in [3.05, 3.63) is 63.2 Å². The van der Waals surface area contributed by atoms with E-state index in [0.29, 0.717) is 13.0 Å². The van der Waals surface area contributed by atoms with E-state index in [1.54, 1.807) is 0 Å². The maximum absolute atomic E-state index is 11.7. The van der Waals surface area contributed by atoms with E-state index in [0.717, 1.165) is 17.4 Å². The summed E-state index contributed by atoms with van der Waals surface area (Å²) in [6.07, 6.45) is 1.65. The molecule has 0 radical (unpaired) electrons. The minimum absolute atomic E-state index is 0.215. The van der Waals surface area contributed by atoms with Crippen LogP contribution >= 0.6 is 0 Å². The van der Waals surface area contributed by atoms with E-state index in [1.165, 1.54) is 23.8 Å². The predicted octanol–water partition coefficient (Wildman–Crippen LogP) is 3.27. The van der Waals surface area contributed by atoms with Crippen molar-refractivity contribution in [3.8, 4) is 0 Å². The van der Waals surface area contributed by atoms with E-state index < -0.39 is 20.4 Å². The van der Waals surface area contributed by atoms with Crippen LogP contribution in [0, 0.1) is 24.0 Å². The lowest BCUT2D eigenvalue weighted by molar-refractivity contribution is -0.386. The molecule has 7 heteroatoms. The number of nitrogens with zero attached hydrogens (tertiary/aromatic N) is 1. The minimum atomic E-state index is -3.67. The average molecular weight is 348 g/mol. The Bertz CT molecular complexity index is 876. The smallest absolute Gasteiger partial charge is 0.310 e. The van der Waals surface area contributed by atoms with Crippen molar-refractivity contribution in [2.75, 3.05) is 18.1 Å². The van der Waals surface area contributed by atoms with Gasteiger partial charge in [0.05, 0.1) is 4.92 Å². The maximum atomic E-state index is 11.7. The van der Waals surface area contributed by atoms with Crippen LogP contribution in [-0.2, 0) is 16.3 Å². The molecule has 6 nitrogen and oxygen atoms in total. The third-order valence-corrected chi connectivity index (χ3v) is 4.92. The Morgan fingerprint density at radius 1 is 1.17 bits per heavy atom. The fraction of sp³-hybridized carbons (Fsp3) is 0.294. The SMILES string of the molecule is Cc1ccc(CCNc2cccc(S(C)(=O)=O)c2[N+](=O)[O-])c(C)c1. The van der Waals surface area contributed by atoms with Crippen LogP contribution in [0.3, 0.4) is 0 Å². The van der Waals surface area contributed by atoms with E-state index in [1.807, 2.05) is 26.0 Å². The van der Waals surface area contributed by atoms with E-state index in [4.69, 9.17) is 0 Å². The van der Waals surface area contributed by atoms with Crippen molar-refractivity contribution < 1.29 is 13.3 Å². The highest BCUT2D eigenvalue weighted by Crippen LogP contribution is 2.31. The van der Waals surface area contributed by atoms with Gasteiger partial charge in [-0.1, -0.05) is 29.8 Å². The standard InChI is InChI=1S/C17H20N2O4S/c1-12-7-8-14(13(2)11-12)9-10-18-15-5-4-6-16(24(3,22)23)17(15)19(20)21/h4-8,11,18H,9-10H2,1-3H3. The molecule has 0 atom stereocenters. The summed E-state index contributed by atoms with van der Waals surface area (Å²) in [6.45, 7) is 4.52. The second-order valence-electron chi connectivity index (χ2n) is 5.79. The van der Waals surface area contributed by atoms with Gasteiger partial charge in [0.2, 0.25) is 0 Å². The van der Waals surface area contributed by atoms with Crippen molar-refractivity contribution in [3.63, 3.8) is 0 Å². The molecule has 1 N–H and O–H groups in total. The number of para-hydroxylation sites is 1. The van der Waals surface area contributed by atoms with Crippen LogP contribution in [0.15, 0.2) is 41.3 Å². The van der Waals surface area contributed by atoms with Crippen molar-refractivity contribution >= 4 is 21.2 Å². The zero-order valence-electron chi connectivity index (χ0n) is 13.9. The molecule has 0 spiro atoms. The number of anilines is 1. The molecule has 0 saturated carbocycles. The quantitative estimate of drug-likeness (QED) is 0.639. The Morgan fingerprint density at radius 2 is 1.88 bits per heavy atom. The largest absolute Gasteiger partial charge is 0.379 e. The normalized spacial score (nSPS) is 11.3. The molecule has 0 fully saturated rings. The lowest BCUT2D eigenvalue weighted by atomic mass is 10.0. The molecular weight excluding hydrogens is 328 g/mol. The van der Waals surface area contributed by atoms with Crippen molar-refractivity contribution in [2.45, 2.75) is 25.2 Å². The number of aryl methyl sites for hydroxylation is 2. The van der Waals surface area contributed by atoms with Crippen LogP contribution in [0.4, 0.5) is 11.4 Å². The van der Waals surface area contributed by atoms with Gasteiger partial charge in [-0.3, -0.25) is 10.1 Å². The lowest BCUT2D eigenvalue weighted by Gasteiger charge is -2.11. The summed E-state index contributed by atoms with van der Waals surface area (Å²) in [5, 5.41) is 14.3. The first-order valence-corrected chi connectivity index (χ1v) is 9.37. The number of benzene rings is 2. The molecule has 0 amide bonds. The maximum Gasteiger partial charge on any atom is 0.310 e. The molecule has 0 aliphatic heterocycles. The van der Waals surface area contributed by atoms with Crippen LogP contribution in [0.25, 0.3) is 0 Å². The molecular formula is C17H20N2O4S. The highest BCUT2D eigenvalue weighted by Gasteiger charge is 2.25. The molecule has 0 bridgehead atoms. The number of nitro groups is 1. The van der Waals surface area contributed by atoms with Gasteiger partial charge in [0, 0.05) is 12.8 Å². The molecule has 2 rings (SSSR count). The molecule has 128 valence electrons. The molecule has 0 aliphatic rings. The Labute approximate surface area is 141 Å². The number of nitro benzene ring substituents is 1. The topological polar surface area (TPSA) is 89.3 Å². The first kappa shape index (κ1) is 17.9. The Hall–Kier alpha value is -2.41. The molecule has 0 aliphatic carbocycles. The van der Waals surface area contributed by atoms with Gasteiger partial charge in [0.1, 0.15) is 10.6 Å². The number of rotatable bonds is 6. The third kappa shape index (κ3) is 4.11. The second kappa shape index (κ2) is 7.00. The van der Waals surface area contributed by atoms with Crippen LogP contribution in [-0.4, -0.2) is 26.1 Å². The van der Waals surface area contributed by atoms with E-state index in [9.17, 15) is 18.5 Å². The van der Waals surface area contributed by atoms with E-state index >= 15 is 0 Å². The molecule has 24 heavy (non-hydrogen) atoms. The van der Waals surface area contributed by atoms with Gasteiger partial charge < -0.3 is 5.32 Å². The molecule has 2 aromatic carbocycles. The highest BCUT2D eigenvalue weighted by atomic mass is 32.2. The van der Waals surface area contributed by atoms with Crippen molar-refractivity contribution in [1.29, 1.82) is 0 Å². The lowest BCUT2D eigenvalue weighted by Crippen LogP contribution is -2.10. The van der Waals surface area contributed by atoms with Crippen LogP contribution in [0.2, 0.25) is 0 Å². The third-order valence-electron chi connectivity index (χ3n) is 3.79. The summed E-state index contributed by atoms with van der Waals surface area (Å²) in [5.41, 5.74) is 3.31. The van der Waals surface area contributed by atoms with Gasteiger partial charge in [-0.05, 0) is 43.5 Å². The molecule has 0 aromatic heterocycles. The monoisotopic (exact) mass is 348 g/mol. The van der Waals surface area contributed by atoms with Crippen molar-refractivity contribution in [1.82, 2.24) is 0 Å². The summed E-state index contributed by atoms with van der Waals surface area (Å²) in [5.74, 6) is 0. The second-order valence-corrected chi connectivity index (χ2v) is 7.77. The first-order valence-electron chi connectivity index (χ1n) is 7.47. The van der Waals surface area contributed by atoms with Gasteiger partial charge in [0.25, 0.3) is 0 Å². The molecule has 0 saturated heterocycles. The van der Waals surface area contributed by atoms with Gasteiger partial charge in [-0.2, -0.15) is 0 Å². The van der Waals surface area contributed by atoms with E-state index in [-0.39, 0.29) is 10.6 Å². The first-order chi connectivity index (χ1) is 11.2. The Balaban J connectivity index is 2.22. The van der Waals surface area contributed by atoms with Gasteiger partial charge in [-0.25, -0.2) is 8.42 Å². The summed E-state index contributed by atoms with van der Waals surface area (Å²) in [4.78, 5) is 10.4. The predicted molar refractivity (Wildman–Crippen MR) is 94.3 cm³/mol. The zero-order chi connectivity index (χ0) is 17.9. The zero-order valence-corrected chi connectivity index (χ0v) is 14.7. The summed E-state index contributed by atoms with van der Waals surface area (Å²) < 4.78 is 23.5. The minimum Gasteiger partial charge on any atom is -0.379 e. The molecule has 2 aromatic rings. The van der Waals surface area contributed by atoms with Crippen LogP contribution < -0.4 is 5.32 Å². The summed E-state index contributed by atoms with van der Waals surface area (Å²) in [7, 11) is -3.67. The average Bonchev–Trinajstić information content (AvgIpc) is 2.48. The molecule has 0 unspecified atom stereocenters. The fourth-order valence-corrected chi connectivity index (χ4v) is 3.47. The van der Waals surface area contributed by atoms with E-state index in [2.05, 4.69) is 11.4 Å². The number of hydrogen-bond donors (Lipinski definition) is 1. The number of hydrogen-bond acceptors (Lipinski definition) is 5. The Kier molecular flexibility index (Phi) is 5.23. The van der Waals surface area contributed by atoms with Crippen LogP contribution in [0.1, 0.15) is 16.7 Å². The molecule has 0 heterocycles. The van der Waals surface area contributed by atoms with Gasteiger partial charge in [-0.15, -0.1) is 0 Å². The number of nitrogens with one attached hydrogen (secondary N) is 1. The summed E-state index contributed by atoms with van der Waals surface area (Å²) >= 11 is 0. The number of sulfone groups is 1. The summed E-state index contributed by atoms with van der Waals surface area (Å²) in [6, 6.07) is 10.4. The van der Waals surface area contributed by atoms with Crippen molar-refractivity contribution in [2.24, 2.45) is 0 Å². The van der Waals surface area contributed by atoms with Gasteiger partial charge in [0.15, 0.2) is 9.84 Å². The Morgan fingerprint density at radius 3 is 2.46 bits per heavy atom.